The second-order valence-electron chi connectivity index (χ2n) is 7.01. The third kappa shape index (κ3) is 6.31. The van der Waals surface area contributed by atoms with Crippen LogP contribution >= 0.6 is 11.8 Å². The zero-order valence-electron chi connectivity index (χ0n) is 18.5. The molecule has 2 N–H and O–H groups in total. The normalized spacial score (nSPS) is 11.7. The number of nitrogens with zero attached hydrogens (tertiary/aromatic N) is 1. The summed E-state index contributed by atoms with van der Waals surface area (Å²) in [6.45, 7) is 1.79. The fraction of sp³-hybridized carbons (Fsp3) is 0.182. The first-order valence-electron chi connectivity index (χ1n) is 10.1. The number of esters is 1. The molecule has 0 unspecified atom stereocenters. The first kappa shape index (κ1) is 26.9. The Balaban J connectivity index is 1.73. The zero-order chi connectivity index (χ0) is 26.5. The van der Waals surface area contributed by atoms with Crippen LogP contribution in [0, 0.1) is 0 Å². The molecule has 0 aliphatic heterocycles. The number of alkyl halides is 3. The molecule has 36 heavy (non-hydrogen) atoms. The highest BCUT2D eigenvalue weighted by Crippen LogP contribution is 2.31. The van der Waals surface area contributed by atoms with Crippen LogP contribution in [-0.2, 0) is 25.5 Å². The highest BCUT2D eigenvalue weighted by atomic mass is 32.2. The predicted molar refractivity (Wildman–Crippen MR) is 124 cm³/mol. The van der Waals surface area contributed by atoms with E-state index in [1.54, 1.807) is 19.1 Å². The molecule has 1 amide bonds. The second-order valence-corrected chi connectivity index (χ2v) is 9.90. The number of rotatable bonds is 8. The summed E-state index contributed by atoms with van der Waals surface area (Å²) in [6.07, 6.45) is -4.06. The van der Waals surface area contributed by atoms with Gasteiger partial charge in [-0.05, 0) is 37.3 Å². The van der Waals surface area contributed by atoms with E-state index in [1.807, 2.05) is 0 Å². The Labute approximate surface area is 207 Å². The number of H-pyrrole nitrogens is 1. The summed E-state index contributed by atoms with van der Waals surface area (Å²) in [5.74, 6) is -1.44. The molecule has 2 aromatic carbocycles. The number of thioether (sulfide) groups is 1. The van der Waals surface area contributed by atoms with Crippen molar-refractivity contribution in [1.29, 1.82) is 0 Å². The number of nitrogens with one attached hydrogen (secondary N) is 2. The molecule has 0 spiro atoms. The lowest BCUT2D eigenvalue weighted by Gasteiger charge is -2.10. The van der Waals surface area contributed by atoms with E-state index in [1.165, 1.54) is 12.1 Å². The van der Waals surface area contributed by atoms with Crippen LogP contribution in [0.2, 0.25) is 0 Å². The van der Waals surface area contributed by atoms with Gasteiger partial charge in [0, 0.05) is 0 Å². The number of carbonyl (C=O) groups is 2. The minimum absolute atomic E-state index is 0.100. The third-order valence-corrected chi connectivity index (χ3v) is 7.17. The van der Waals surface area contributed by atoms with Crippen molar-refractivity contribution in [2.45, 2.75) is 28.0 Å². The topological polar surface area (TPSA) is 135 Å². The summed E-state index contributed by atoms with van der Waals surface area (Å²) in [6, 6.07) is 9.17. The highest BCUT2D eigenvalue weighted by Gasteiger charge is 2.32. The van der Waals surface area contributed by atoms with Crippen LogP contribution in [0.5, 0.6) is 0 Å². The average Bonchev–Trinajstić information content (AvgIpc) is 2.82. The van der Waals surface area contributed by atoms with Gasteiger partial charge in [-0.25, -0.2) is 18.2 Å². The quantitative estimate of drug-likeness (QED) is 0.251. The van der Waals surface area contributed by atoms with E-state index in [9.17, 15) is 36.0 Å². The van der Waals surface area contributed by atoms with Gasteiger partial charge in [-0.2, -0.15) is 13.2 Å². The molecule has 0 bridgehead atoms. The molecule has 3 rings (SSSR count). The Morgan fingerprint density at radius 3 is 2.53 bits per heavy atom. The molecule has 0 saturated carbocycles. The average molecular weight is 542 g/mol. The number of hydrogen-bond donors (Lipinski definition) is 2. The number of para-hydroxylation sites is 1. The third-order valence-electron chi connectivity index (χ3n) is 4.54. The maximum atomic E-state index is 12.9. The molecule has 190 valence electrons. The smallest absolute Gasteiger partial charge is 0.416 e. The van der Waals surface area contributed by atoms with E-state index in [2.05, 4.69) is 15.3 Å². The van der Waals surface area contributed by atoms with Crippen molar-refractivity contribution in [1.82, 2.24) is 9.97 Å². The molecule has 0 fully saturated rings. The van der Waals surface area contributed by atoms with Crippen molar-refractivity contribution in [3.05, 3.63) is 76.2 Å². The molecule has 0 aliphatic rings. The first-order chi connectivity index (χ1) is 16.9. The monoisotopic (exact) mass is 541 g/mol. The molecule has 1 heterocycles. The number of anilines is 1. The maximum Gasteiger partial charge on any atom is 0.416 e. The number of aromatic amines is 1. The molecule has 1 aromatic heterocycles. The lowest BCUT2D eigenvalue weighted by Crippen LogP contribution is -2.21. The Bertz CT molecular complexity index is 1460. The van der Waals surface area contributed by atoms with Gasteiger partial charge in [0.05, 0.1) is 40.3 Å². The van der Waals surface area contributed by atoms with E-state index >= 15 is 0 Å². The van der Waals surface area contributed by atoms with E-state index in [0.29, 0.717) is 18.3 Å². The summed E-state index contributed by atoms with van der Waals surface area (Å²) in [4.78, 5) is 41.2. The SMILES string of the molecule is CCOC(=O)c1ccccc1NC(=O)CSc1ncc(S(=O)(=O)c2cccc(C(F)(F)F)c2)c(=O)[nH]1. The van der Waals surface area contributed by atoms with Crippen molar-refractivity contribution >= 4 is 39.2 Å². The predicted octanol–water partition coefficient (Wildman–Crippen LogP) is 3.53. The van der Waals surface area contributed by atoms with E-state index < -0.39 is 48.8 Å². The highest BCUT2D eigenvalue weighted by molar-refractivity contribution is 7.99. The van der Waals surface area contributed by atoms with Gasteiger partial charge in [0.1, 0.15) is 0 Å². The lowest BCUT2D eigenvalue weighted by molar-refractivity contribution is -0.137. The first-order valence-corrected chi connectivity index (χ1v) is 12.6. The van der Waals surface area contributed by atoms with E-state index in [0.717, 1.165) is 23.9 Å². The summed E-state index contributed by atoms with van der Waals surface area (Å²) in [7, 11) is -4.60. The fourth-order valence-electron chi connectivity index (χ4n) is 2.90. The summed E-state index contributed by atoms with van der Waals surface area (Å²) < 4.78 is 69.2. The standard InChI is InChI=1S/C22H18F3N3O6S2/c1-2-34-20(31)15-8-3-4-9-16(15)27-18(29)12-35-21-26-11-17(19(30)28-21)36(32,33)14-7-5-6-13(10-14)22(23,24)25/h3-11H,2,12H2,1H3,(H,27,29)(H,26,28,30). The van der Waals surface area contributed by atoms with Crippen molar-refractivity contribution in [3.8, 4) is 0 Å². The van der Waals surface area contributed by atoms with Crippen LogP contribution in [-0.4, -0.2) is 42.6 Å². The molecule has 0 atom stereocenters. The molecule has 0 radical (unpaired) electrons. The molecule has 14 heteroatoms. The molecule has 9 nitrogen and oxygen atoms in total. The largest absolute Gasteiger partial charge is 0.462 e. The lowest BCUT2D eigenvalue weighted by atomic mass is 10.2. The Morgan fingerprint density at radius 2 is 1.86 bits per heavy atom. The van der Waals surface area contributed by atoms with Gasteiger partial charge in [0.2, 0.25) is 15.7 Å². The second kappa shape index (κ2) is 11.0. The summed E-state index contributed by atoms with van der Waals surface area (Å²) in [5, 5.41) is 2.44. The van der Waals surface area contributed by atoms with Crippen LogP contribution in [0.15, 0.2) is 74.5 Å². The van der Waals surface area contributed by atoms with Crippen molar-refractivity contribution in [2.75, 3.05) is 17.7 Å². The van der Waals surface area contributed by atoms with Gasteiger partial charge >= 0.3 is 12.1 Å². The van der Waals surface area contributed by atoms with Gasteiger partial charge in [-0.3, -0.25) is 9.59 Å². The number of benzene rings is 2. The van der Waals surface area contributed by atoms with Gasteiger partial charge in [-0.1, -0.05) is 30.0 Å². The Kier molecular flexibility index (Phi) is 8.20. The van der Waals surface area contributed by atoms with Gasteiger partial charge < -0.3 is 15.0 Å². The van der Waals surface area contributed by atoms with Crippen molar-refractivity contribution in [3.63, 3.8) is 0 Å². The number of aromatic nitrogens is 2. The molecule has 3 aromatic rings. The van der Waals surface area contributed by atoms with Crippen molar-refractivity contribution in [2.24, 2.45) is 0 Å². The van der Waals surface area contributed by atoms with Crippen LogP contribution in [0.3, 0.4) is 0 Å². The minimum atomic E-state index is -4.77. The maximum absolute atomic E-state index is 12.9. The number of hydrogen-bond acceptors (Lipinski definition) is 8. The van der Waals surface area contributed by atoms with Gasteiger partial charge in [0.25, 0.3) is 5.56 Å². The molecule has 0 saturated heterocycles. The van der Waals surface area contributed by atoms with E-state index in [-0.39, 0.29) is 28.8 Å². The number of halogens is 3. The Hall–Kier alpha value is -3.65. The number of sulfone groups is 1. The Morgan fingerprint density at radius 1 is 1.14 bits per heavy atom. The van der Waals surface area contributed by atoms with Gasteiger partial charge in [-0.15, -0.1) is 0 Å². The van der Waals surface area contributed by atoms with Crippen molar-refractivity contribution < 1.29 is 35.9 Å². The summed E-state index contributed by atoms with van der Waals surface area (Å²) >= 11 is 0.769. The molecular formula is C22H18F3N3O6S2. The molecule has 0 aliphatic carbocycles. The number of amides is 1. The molecular weight excluding hydrogens is 523 g/mol. The van der Waals surface area contributed by atoms with Gasteiger partial charge in [0.15, 0.2) is 10.1 Å². The van der Waals surface area contributed by atoms with Crippen LogP contribution in [0.4, 0.5) is 18.9 Å². The number of ether oxygens (including phenoxy) is 1. The minimum Gasteiger partial charge on any atom is -0.462 e. The van der Waals surface area contributed by atoms with Crippen LogP contribution in [0.25, 0.3) is 0 Å². The van der Waals surface area contributed by atoms with Crippen LogP contribution in [0.1, 0.15) is 22.8 Å². The summed E-state index contributed by atoms with van der Waals surface area (Å²) in [5.41, 5.74) is -1.94. The zero-order valence-corrected chi connectivity index (χ0v) is 20.1. The number of carbonyl (C=O) groups excluding carboxylic acids is 2. The van der Waals surface area contributed by atoms with E-state index in [4.69, 9.17) is 4.74 Å². The fourth-order valence-corrected chi connectivity index (χ4v) is 4.81. The van der Waals surface area contributed by atoms with Crippen LogP contribution < -0.4 is 10.9 Å².